The lowest BCUT2D eigenvalue weighted by atomic mass is 10.1. The molecule has 0 aliphatic carbocycles. The molecule has 1 heterocycles. The summed E-state index contributed by atoms with van der Waals surface area (Å²) in [5.74, 6) is -1.24. The molecule has 0 aliphatic heterocycles. The quantitative estimate of drug-likeness (QED) is 0.593. The van der Waals surface area contributed by atoms with Crippen molar-refractivity contribution in [3.8, 4) is 5.75 Å². The molecule has 8 nitrogen and oxygen atoms in total. The topological polar surface area (TPSA) is 118 Å². The predicted octanol–water partition coefficient (Wildman–Crippen LogP) is 3.29. The van der Waals surface area contributed by atoms with Gasteiger partial charge in [-0.3, -0.25) is 9.59 Å². The lowest BCUT2D eigenvalue weighted by Crippen LogP contribution is -2.19. The molecule has 0 fully saturated rings. The maximum atomic E-state index is 12.7. The van der Waals surface area contributed by atoms with Gasteiger partial charge in [-0.15, -0.1) is 0 Å². The van der Waals surface area contributed by atoms with E-state index >= 15 is 0 Å². The van der Waals surface area contributed by atoms with Crippen molar-refractivity contribution in [2.24, 2.45) is 0 Å². The Kier molecular flexibility index (Phi) is 5.84. The molecule has 8 heteroatoms. The number of nitrogens with one attached hydrogen (secondary N) is 2. The molecule has 2 amide bonds. The van der Waals surface area contributed by atoms with Gasteiger partial charge in [-0.2, -0.15) is 0 Å². The van der Waals surface area contributed by atoms with E-state index in [4.69, 9.17) is 9.84 Å². The van der Waals surface area contributed by atoms with E-state index in [1.54, 1.807) is 36.5 Å². The lowest BCUT2D eigenvalue weighted by molar-refractivity contribution is 0.0696. The Bertz CT molecular complexity index is 1050. The van der Waals surface area contributed by atoms with Crippen LogP contribution in [0.25, 0.3) is 0 Å². The van der Waals surface area contributed by atoms with Gasteiger partial charge in [-0.1, -0.05) is 6.07 Å². The second kappa shape index (κ2) is 8.66. The zero-order valence-corrected chi connectivity index (χ0v) is 15.4. The third kappa shape index (κ3) is 4.75. The Morgan fingerprint density at radius 2 is 1.62 bits per heavy atom. The number of rotatable bonds is 6. The number of carbonyl (C=O) groups is 3. The standard InChI is InChI=1S/C21H17N3O5/c1-29-15-9-10-17(16(12-15)20(26)24-18-4-2-3-11-22-18)23-19(25)13-5-7-14(8-6-13)21(27)28/h2-12H,1H3,(H,23,25)(H,27,28)(H,22,24,26). The van der Waals surface area contributed by atoms with Crippen LogP contribution >= 0.6 is 0 Å². The molecule has 3 N–H and O–H groups in total. The molecule has 0 saturated heterocycles. The zero-order chi connectivity index (χ0) is 20.8. The normalized spacial score (nSPS) is 10.1. The summed E-state index contributed by atoms with van der Waals surface area (Å²) in [6, 6.07) is 15.2. The van der Waals surface area contributed by atoms with Crippen LogP contribution in [0.2, 0.25) is 0 Å². The second-order valence-corrected chi connectivity index (χ2v) is 5.92. The van der Waals surface area contributed by atoms with Crippen LogP contribution in [0.1, 0.15) is 31.1 Å². The number of hydrogen-bond donors (Lipinski definition) is 3. The summed E-state index contributed by atoms with van der Waals surface area (Å²) in [6.45, 7) is 0. The monoisotopic (exact) mass is 391 g/mol. The third-order valence-corrected chi connectivity index (χ3v) is 4.02. The Balaban J connectivity index is 1.85. The predicted molar refractivity (Wildman–Crippen MR) is 107 cm³/mol. The van der Waals surface area contributed by atoms with Gasteiger partial charge in [-0.05, 0) is 54.6 Å². The highest BCUT2D eigenvalue weighted by Crippen LogP contribution is 2.24. The van der Waals surface area contributed by atoms with Crippen molar-refractivity contribution < 1.29 is 24.2 Å². The van der Waals surface area contributed by atoms with Crippen molar-refractivity contribution in [1.29, 1.82) is 0 Å². The number of pyridine rings is 1. The molecular formula is C21H17N3O5. The molecule has 3 aromatic rings. The summed E-state index contributed by atoms with van der Waals surface area (Å²) in [4.78, 5) is 40.3. The molecule has 29 heavy (non-hydrogen) atoms. The number of carboxylic acid groups (broad SMARTS) is 1. The molecule has 0 radical (unpaired) electrons. The Morgan fingerprint density at radius 1 is 0.897 bits per heavy atom. The number of carboxylic acids is 1. The highest BCUT2D eigenvalue weighted by Gasteiger charge is 2.17. The molecule has 0 saturated carbocycles. The summed E-state index contributed by atoms with van der Waals surface area (Å²) in [6.07, 6.45) is 1.55. The number of benzene rings is 2. The van der Waals surface area contributed by atoms with Crippen LogP contribution in [-0.4, -0.2) is 35.0 Å². The van der Waals surface area contributed by atoms with E-state index in [-0.39, 0.29) is 22.4 Å². The number of aromatic nitrogens is 1. The van der Waals surface area contributed by atoms with E-state index < -0.39 is 17.8 Å². The number of anilines is 2. The summed E-state index contributed by atoms with van der Waals surface area (Å²) >= 11 is 0. The molecule has 3 rings (SSSR count). The van der Waals surface area contributed by atoms with E-state index in [0.29, 0.717) is 11.6 Å². The SMILES string of the molecule is COc1ccc(NC(=O)c2ccc(C(=O)O)cc2)c(C(=O)Nc2ccccn2)c1. The summed E-state index contributed by atoms with van der Waals surface area (Å²) in [7, 11) is 1.47. The maximum absolute atomic E-state index is 12.7. The molecule has 0 unspecified atom stereocenters. The number of ether oxygens (including phenoxy) is 1. The van der Waals surface area contributed by atoms with Gasteiger partial charge in [0, 0.05) is 11.8 Å². The van der Waals surface area contributed by atoms with Gasteiger partial charge in [0.1, 0.15) is 11.6 Å². The van der Waals surface area contributed by atoms with Crippen molar-refractivity contribution >= 4 is 29.3 Å². The van der Waals surface area contributed by atoms with E-state index in [1.165, 1.54) is 37.4 Å². The molecule has 0 atom stereocenters. The molecule has 1 aromatic heterocycles. The fourth-order valence-electron chi connectivity index (χ4n) is 2.53. The minimum absolute atomic E-state index is 0.0708. The van der Waals surface area contributed by atoms with Gasteiger partial charge in [0.15, 0.2) is 0 Å². The van der Waals surface area contributed by atoms with Crippen molar-refractivity contribution in [2.45, 2.75) is 0 Å². The second-order valence-electron chi connectivity index (χ2n) is 5.92. The molecule has 146 valence electrons. The van der Waals surface area contributed by atoms with Crippen LogP contribution in [0.4, 0.5) is 11.5 Å². The van der Waals surface area contributed by atoms with Gasteiger partial charge in [0.05, 0.1) is 23.9 Å². The van der Waals surface area contributed by atoms with Crippen LogP contribution in [-0.2, 0) is 0 Å². The lowest BCUT2D eigenvalue weighted by Gasteiger charge is -2.13. The van der Waals surface area contributed by atoms with Gasteiger partial charge in [-0.25, -0.2) is 9.78 Å². The fourth-order valence-corrected chi connectivity index (χ4v) is 2.53. The molecule has 0 aliphatic rings. The number of hydrogen-bond acceptors (Lipinski definition) is 5. The average molecular weight is 391 g/mol. The Labute approximate surface area is 166 Å². The summed E-state index contributed by atoms with van der Waals surface area (Å²) in [5, 5.41) is 14.3. The highest BCUT2D eigenvalue weighted by molar-refractivity contribution is 6.12. The van der Waals surface area contributed by atoms with Crippen molar-refractivity contribution in [3.63, 3.8) is 0 Å². The highest BCUT2D eigenvalue weighted by atomic mass is 16.5. The smallest absolute Gasteiger partial charge is 0.335 e. The molecule has 2 aromatic carbocycles. The first-order chi connectivity index (χ1) is 14.0. The number of methoxy groups -OCH3 is 1. The van der Waals surface area contributed by atoms with Crippen LogP contribution in [0, 0.1) is 0 Å². The fraction of sp³-hybridized carbons (Fsp3) is 0.0476. The van der Waals surface area contributed by atoms with E-state index in [0.717, 1.165) is 0 Å². The Morgan fingerprint density at radius 3 is 2.24 bits per heavy atom. The average Bonchev–Trinajstić information content (AvgIpc) is 2.74. The van der Waals surface area contributed by atoms with Crippen LogP contribution < -0.4 is 15.4 Å². The van der Waals surface area contributed by atoms with Crippen LogP contribution in [0.3, 0.4) is 0 Å². The molecular weight excluding hydrogens is 374 g/mol. The minimum atomic E-state index is -1.08. The number of nitrogens with zero attached hydrogens (tertiary/aromatic N) is 1. The van der Waals surface area contributed by atoms with Gasteiger partial charge in [0.2, 0.25) is 0 Å². The van der Waals surface area contributed by atoms with Gasteiger partial charge in [0.25, 0.3) is 11.8 Å². The molecule has 0 spiro atoms. The first-order valence-electron chi connectivity index (χ1n) is 8.53. The van der Waals surface area contributed by atoms with Crippen LogP contribution in [0.5, 0.6) is 5.75 Å². The van der Waals surface area contributed by atoms with Crippen LogP contribution in [0.15, 0.2) is 66.9 Å². The van der Waals surface area contributed by atoms with Crippen molar-refractivity contribution in [2.75, 3.05) is 17.7 Å². The number of carbonyl (C=O) groups excluding carboxylic acids is 2. The molecule has 0 bridgehead atoms. The number of aromatic carboxylic acids is 1. The first kappa shape index (κ1) is 19.6. The number of amides is 2. The van der Waals surface area contributed by atoms with E-state index in [1.807, 2.05) is 0 Å². The Hall–Kier alpha value is -4.20. The van der Waals surface area contributed by atoms with E-state index in [9.17, 15) is 14.4 Å². The summed E-state index contributed by atoms with van der Waals surface area (Å²) < 4.78 is 5.17. The maximum Gasteiger partial charge on any atom is 0.335 e. The third-order valence-electron chi connectivity index (χ3n) is 4.02. The van der Waals surface area contributed by atoms with Gasteiger partial charge < -0.3 is 20.5 Å². The van der Waals surface area contributed by atoms with E-state index in [2.05, 4.69) is 15.6 Å². The summed E-state index contributed by atoms with van der Waals surface area (Å²) in [5.41, 5.74) is 0.778. The largest absolute Gasteiger partial charge is 0.497 e. The van der Waals surface area contributed by atoms with Crippen molar-refractivity contribution in [3.05, 3.63) is 83.6 Å². The minimum Gasteiger partial charge on any atom is -0.497 e. The van der Waals surface area contributed by atoms with Crippen molar-refractivity contribution in [1.82, 2.24) is 4.98 Å². The van der Waals surface area contributed by atoms with Gasteiger partial charge >= 0.3 is 5.97 Å². The first-order valence-corrected chi connectivity index (χ1v) is 8.53. The zero-order valence-electron chi connectivity index (χ0n) is 15.4.